The van der Waals surface area contributed by atoms with E-state index in [4.69, 9.17) is 18.0 Å². The van der Waals surface area contributed by atoms with Gasteiger partial charge in [0.15, 0.2) is 0 Å². The quantitative estimate of drug-likeness (QED) is 0.689. The summed E-state index contributed by atoms with van der Waals surface area (Å²) in [5.41, 5.74) is 8.74. The van der Waals surface area contributed by atoms with E-state index in [1.54, 1.807) is 0 Å². The van der Waals surface area contributed by atoms with Gasteiger partial charge in [-0.2, -0.15) is 0 Å². The summed E-state index contributed by atoms with van der Waals surface area (Å²) in [6.07, 6.45) is 0. The van der Waals surface area contributed by atoms with Crippen molar-refractivity contribution >= 4 is 28.8 Å². The van der Waals surface area contributed by atoms with Crippen molar-refractivity contribution in [1.29, 1.82) is 0 Å². The van der Waals surface area contributed by atoms with Gasteiger partial charge in [0.05, 0.1) is 12.1 Å². The molecule has 6 heteroatoms. The smallest absolute Gasteiger partial charge is 0.239 e. The monoisotopic (exact) mass is 266 g/mol. The zero-order chi connectivity index (χ0) is 13.7. The predicted molar refractivity (Wildman–Crippen MR) is 76.8 cm³/mol. The lowest BCUT2D eigenvalue weighted by molar-refractivity contribution is -0.119. The van der Waals surface area contributed by atoms with E-state index >= 15 is 0 Å². The van der Waals surface area contributed by atoms with Crippen LogP contribution in [0.1, 0.15) is 23.9 Å². The van der Waals surface area contributed by atoms with Gasteiger partial charge in [-0.05, 0) is 26.8 Å². The molecule has 0 bridgehead atoms. The SMILES string of the molecule is CCNC(=O)CNc1cc(C)nc(C)c1C(N)=S. The summed E-state index contributed by atoms with van der Waals surface area (Å²) in [5, 5.41) is 5.75. The number of pyridine rings is 1. The summed E-state index contributed by atoms with van der Waals surface area (Å²) in [4.78, 5) is 16.0. The minimum Gasteiger partial charge on any atom is -0.389 e. The summed E-state index contributed by atoms with van der Waals surface area (Å²) >= 11 is 5.01. The molecule has 0 aromatic carbocycles. The Hall–Kier alpha value is -1.69. The molecule has 0 fully saturated rings. The van der Waals surface area contributed by atoms with Crippen molar-refractivity contribution in [3.05, 3.63) is 23.0 Å². The first kappa shape index (κ1) is 14.4. The zero-order valence-corrected chi connectivity index (χ0v) is 11.6. The van der Waals surface area contributed by atoms with Gasteiger partial charge in [-0.25, -0.2) is 0 Å². The van der Waals surface area contributed by atoms with Gasteiger partial charge in [0.2, 0.25) is 5.91 Å². The van der Waals surface area contributed by atoms with Crippen molar-refractivity contribution in [2.24, 2.45) is 5.73 Å². The second kappa shape index (κ2) is 6.30. The van der Waals surface area contributed by atoms with Crippen molar-refractivity contribution in [2.45, 2.75) is 20.8 Å². The lowest BCUT2D eigenvalue weighted by Gasteiger charge is -2.14. The molecule has 4 N–H and O–H groups in total. The summed E-state index contributed by atoms with van der Waals surface area (Å²) in [5.74, 6) is -0.0708. The molecule has 0 aliphatic carbocycles. The fraction of sp³-hybridized carbons (Fsp3) is 0.417. The van der Waals surface area contributed by atoms with Crippen LogP contribution in [0.2, 0.25) is 0 Å². The maximum atomic E-state index is 11.4. The molecule has 0 atom stereocenters. The molecule has 0 radical (unpaired) electrons. The third kappa shape index (κ3) is 3.66. The van der Waals surface area contributed by atoms with Crippen molar-refractivity contribution in [3.63, 3.8) is 0 Å². The maximum absolute atomic E-state index is 11.4. The minimum absolute atomic E-state index is 0.0708. The molecule has 0 saturated heterocycles. The number of anilines is 1. The highest BCUT2D eigenvalue weighted by Crippen LogP contribution is 2.19. The van der Waals surface area contributed by atoms with E-state index in [0.29, 0.717) is 12.1 Å². The summed E-state index contributed by atoms with van der Waals surface area (Å²) in [6, 6.07) is 1.83. The van der Waals surface area contributed by atoms with Gasteiger partial charge in [-0.15, -0.1) is 0 Å². The molecule has 1 rings (SSSR count). The molecule has 1 heterocycles. The van der Waals surface area contributed by atoms with Crippen LogP contribution in [-0.2, 0) is 4.79 Å². The molecule has 1 amide bonds. The molecule has 0 aliphatic rings. The van der Waals surface area contributed by atoms with E-state index in [9.17, 15) is 4.79 Å². The van der Waals surface area contributed by atoms with E-state index in [1.807, 2.05) is 26.8 Å². The van der Waals surface area contributed by atoms with Crippen LogP contribution in [-0.4, -0.2) is 29.0 Å². The molecule has 1 aromatic heterocycles. The van der Waals surface area contributed by atoms with Crippen LogP contribution in [0.4, 0.5) is 5.69 Å². The number of thiocarbonyl (C=S) groups is 1. The average molecular weight is 266 g/mol. The minimum atomic E-state index is -0.0708. The molecule has 1 aromatic rings. The van der Waals surface area contributed by atoms with Crippen LogP contribution >= 0.6 is 12.2 Å². The molecular formula is C12H18N4OS. The maximum Gasteiger partial charge on any atom is 0.239 e. The highest BCUT2D eigenvalue weighted by molar-refractivity contribution is 7.80. The third-order valence-electron chi connectivity index (χ3n) is 2.39. The number of amides is 1. The fourth-order valence-corrected chi connectivity index (χ4v) is 1.97. The number of nitrogens with two attached hydrogens (primary N) is 1. The predicted octanol–water partition coefficient (Wildman–Crippen LogP) is 0.881. The summed E-state index contributed by atoms with van der Waals surface area (Å²) < 4.78 is 0. The molecule has 0 spiro atoms. The number of carbonyl (C=O) groups is 1. The Morgan fingerprint density at radius 1 is 1.50 bits per heavy atom. The normalized spacial score (nSPS) is 9.94. The summed E-state index contributed by atoms with van der Waals surface area (Å²) in [6.45, 7) is 6.40. The first-order valence-corrected chi connectivity index (χ1v) is 6.15. The van der Waals surface area contributed by atoms with Crippen LogP contribution in [0.15, 0.2) is 6.07 Å². The topological polar surface area (TPSA) is 80.0 Å². The van der Waals surface area contributed by atoms with Crippen molar-refractivity contribution in [3.8, 4) is 0 Å². The number of carbonyl (C=O) groups excluding carboxylic acids is 1. The number of nitrogens with zero attached hydrogens (tertiary/aromatic N) is 1. The Morgan fingerprint density at radius 2 is 2.17 bits per heavy atom. The Morgan fingerprint density at radius 3 is 2.72 bits per heavy atom. The fourth-order valence-electron chi connectivity index (χ4n) is 1.71. The van der Waals surface area contributed by atoms with Crippen LogP contribution in [0.5, 0.6) is 0 Å². The van der Waals surface area contributed by atoms with Crippen molar-refractivity contribution in [1.82, 2.24) is 10.3 Å². The Balaban J connectivity index is 2.93. The van der Waals surface area contributed by atoms with Gasteiger partial charge in [-0.1, -0.05) is 12.2 Å². The molecular weight excluding hydrogens is 248 g/mol. The molecule has 0 saturated carbocycles. The molecule has 0 aliphatic heterocycles. The van der Waals surface area contributed by atoms with Crippen molar-refractivity contribution < 1.29 is 4.79 Å². The second-order valence-electron chi connectivity index (χ2n) is 3.94. The number of likely N-dealkylation sites (N-methyl/N-ethyl adjacent to an activating group) is 1. The number of aryl methyl sites for hydroxylation is 2. The molecule has 98 valence electrons. The van der Waals surface area contributed by atoms with E-state index in [1.165, 1.54) is 0 Å². The van der Waals surface area contributed by atoms with Gasteiger partial charge in [0, 0.05) is 23.6 Å². The van der Waals surface area contributed by atoms with Crippen LogP contribution < -0.4 is 16.4 Å². The van der Waals surface area contributed by atoms with Crippen LogP contribution in [0, 0.1) is 13.8 Å². The van der Waals surface area contributed by atoms with E-state index in [2.05, 4.69) is 15.6 Å². The van der Waals surface area contributed by atoms with Gasteiger partial charge >= 0.3 is 0 Å². The molecule has 5 nitrogen and oxygen atoms in total. The number of nitrogens with one attached hydrogen (secondary N) is 2. The van der Waals surface area contributed by atoms with Crippen LogP contribution in [0.25, 0.3) is 0 Å². The highest BCUT2D eigenvalue weighted by Gasteiger charge is 2.11. The number of hydrogen-bond donors (Lipinski definition) is 3. The van der Waals surface area contributed by atoms with Crippen LogP contribution in [0.3, 0.4) is 0 Å². The van der Waals surface area contributed by atoms with Gasteiger partial charge in [0.25, 0.3) is 0 Å². The van der Waals surface area contributed by atoms with E-state index < -0.39 is 0 Å². The molecule has 18 heavy (non-hydrogen) atoms. The van der Waals surface area contributed by atoms with E-state index in [0.717, 1.165) is 17.1 Å². The average Bonchev–Trinajstić information content (AvgIpc) is 2.25. The van der Waals surface area contributed by atoms with E-state index in [-0.39, 0.29) is 17.4 Å². The molecule has 0 unspecified atom stereocenters. The van der Waals surface area contributed by atoms with Gasteiger partial charge in [0.1, 0.15) is 4.99 Å². The lowest BCUT2D eigenvalue weighted by atomic mass is 10.1. The Kier molecular flexibility index (Phi) is 5.03. The largest absolute Gasteiger partial charge is 0.389 e. The first-order valence-electron chi connectivity index (χ1n) is 5.74. The number of aromatic nitrogens is 1. The first-order chi connectivity index (χ1) is 8.45. The number of hydrogen-bond acceptors (Lipinski definition) is 4. The van der Waals surface area contributed by atoms with Gasteiger partial charge < -0.3 is 16.4 Å². The zero-order valence-electron chi connectivity index (χ0n) is 10.8. The highest BCUT2D eigenvalue weighted by atomic mass is 32.1. The standard InChI is InChI=1S/C12H18N4OS/c1-4-14-10(17)6-15-9-5-7(2)16-8(3)11(9)12(13)18/h5H,4,6H2,1-3H3,(H2,13,18)(H,14,17)(H,15,16). The Labute approximate surface area is 112 Å². The Bertz CT molecular complexity index is 473. The van der Waals surface area contributed by atoms with Crippen molar-refractivity contribution in [2.75, 3.05) is 18.4 Å². The number of rotatable bonds is 5. The second-order valence-corrected chi connectivity index (χ2v) is 4.38. The lowest BCUT2D eigenvalue weighted by Crippen LogP contribution is -2.30. The third-order valence-corrected chi connectivity index (χ3v) is 2.59. The summed E-state index contributed by atoms with van der Waals surface area (Å²) in [7, 11) is 0. The van der Waals surface area contributed by atoms with Gasteiger partial charge in [-0.3, -0.25) is 9.78 Å².